The monoisotopic (exact) mass is 277 g/mol. The van der Waals surface area contributed by atoms with Crippen LogP contribution in [-0.2, 0) is 12.8 Å². The van der Waals surface area contributed by atoms with E-state index in [0.29, 0.717) is 36.2 Å². The molecule has 110 valence electrons. The third-order valence-electron chi connectivity index (χ3n) is 4.10. The molecule has 1 saturated heterocycles. The maximum atomic E-state index is 11.7. The maximum Gasteiger partial charge on any atom is 0.339 e. The van der Waals surface area contributed by atoms with E-state index < -0.39 is 5.97 Å². The fourth-order valence-corrected chi connectivity index (χ4v) is 3.18. The SMILES string of the molecule is CCc1nnc(N2CC(C)CC2C)c(C(=O)O)c1CC. The summed E-state index contributed by atoms with van der Waals surface area (Å²) in [4.78, 5) is 13.8. The van der Waals surface area contributed by atoms with E-state index >= 15 is 0 Å². The molecule has 5 nitrogen and oxygen atoms in total. The Morgan fingerprint density at radius 2 is 2.00 bits per heavy atom. The molecule has 1 N–H and O–H groups in total. The molecule has 0 amide bonds. The highest BCUT2D eigenvalue weighted by atomic mass is 16.4. The van der Waals surface area contributed by atoms with Crippen LogP contribution in [0.1, 0.15) is 55.7 Å². The summed E-state index contributed by atoms with van der Waals surface area (Å²) in [7, 11) is 0. The minimum absolute atomic E-state index is 0.314. The number of nitrogens with zero attached hydrogens (tertiary/aromatic N) is 3. The van der Waals surface area contributed by atoms with Gasteiger partial charge in [-0.3, -0.25) is 0 Å². The number of carboxylic acids is 1. The van der Waals surface area contributed by atoms with Crippen molar-refractivity contribution >= 4 is 11.8 Å². The van der Waals surface area contributed by atoms with Gasteiger partial charge in [0, 0.05) is 12.6 Å². The van der Waals surface area contributed by atoms with Crippen molar-refractivity contribution in [1.82, 2.24) is 10.2 Å². The zero-order valence-corrected chi connectivity index (χ0v) is 12.7. The Bertz CT molecular complexity index is 516. The average Bonchev–Trinajstić information content (AvgIpc) is 2.75. The molecular formula is C15H23N3O2. The lowest BCUT2D eigenvalue weighted by atomic mass is 10.0. The van der Waals surface area contributed by atoms with E-state index in [1.165, 1.54) is 0 Å². The topological polar surface area (TPSA) is 66.3 Å². The maximum absolute atomic E-state index is 11.7. The first kappa shape index (κ1) is 14.8. The van der Waals surface area contributed by atoms with Gasteiger partial charge in [-0.1, -0.05) is 20.8 Å². The van der Waals surface area contributed by atoms with Crippen LogP contribution in [0.4, 0.5) is 5.82 Å². The second-order valence-corrected chi connectivity index (χ2v) is 5.68. The fraction of sp³-hybridized carbons (Fsp3) is 0.667. The van der Waals surface area contributed by atoms with Gasteiger partial charge in [0.05, 0.1) is 5.69 Å². The van der Waals surface area contributed by atoms with Gasteiger partial charge in [0.15, 0.2) is 5.82 Å². The van der Waals surface area contributed by atoms with Crippen LogP contribution in [0.3, 0.4) is 0 Å². The third-order valence-corrected chi connectivity index (χ3v) is 4.10. The summed E-state index contributed by atoms with van der Waals surface area (Å²) in [5, 5.41) is 18.1. The van der Waals surface area contributed by atoms with E-state index in [2.05, 4.69) is 28.9 Å². The highest BCUT2D eigenvalue weighted by Crippen LogP contribution is 2.31. The number of aromatic nitrogens is 2. The van der Waals surface area contributed by atoms with Crippen LogP contribution in [0.25, 0.3) is 0 Å². The fourth-order valence-electron chi connectivity index (χ4n) is 3.18. The molecule has 0 saturated carbocycles. The molecule has 2 heterocycles. The predicted molar refractivity (Wildman–Crippen MR) is 78.3 cm³/mol. The first-order chi connectivity index (χ1) is 9.49. The summed E-state index contributed by atoms with van der Waals surface area (Å²) in [6.07, 6.45) is 2.45. The summed E-state index contributed by atoms with van der Waals surface area (Å²) in [5.41, 5.74) is 1.98. The molecule has 0 bridgehead atoms. The normalized spacial score (nSPS) is 22.3. The molecular weight excluding hydrogens is 254 g/mol. The van der Waals surface area contributed by atoms with E-state index in [1.807, 2.05) is 13.8 Å². The predicted octanol–water partition coefficient (Wildman–Crippen LogP) is 2.53. The highest BCUT2D eigenvalue weighted by molar-refractivity contribution is 5.95. The smallest absolute Gasteiger partial charge is 0.339 e. The zero-order valence-electron chi connectivity index (χ0n) is 12.7. The lowest BCUT2D eigenvalue weighted by Crippen LogP contribution is -2.31. The number of anilines is 1. The van der Waals surface area contributed by atoms with Crippen molar-refractivity contribution in [3.8, 4) is 0 Å². The molecule has 5 heteroatoms. The Labute approximate surface area is 120 Å². The minimum Gasteiger partial charge on any atom is -0.478 e. The number of aromatic carboxylic acids is 1. The largest absolute Gasteiger partial charge is 0.478 e. The van der Waals surface area contributed by atoms with Crippen LogP contribution < -0.4 is 4.90 Å². The van der Waals surface area contributed by atoms with Gasteiger partial charge in [-0.15, -0.1) is 5.10 Å². The summed E-state index contributed by atoms with van der Waals surface area (Å²) >= 11 is 0. The lowest BCUT2D eigenvalue weighted by molar-refractivity contribution is 0.0695. The molecule has 0 aromatic carbocycles. The van der Waals surface area contributed by atoms with Gasteiger partial charge in [0.2, 0.25) is 0 Å². The zero-order chi connectivity index (χ0) is 14.9. The van der Waals surface area contributed by atoms with E-state index in [4.69, 9.17) is 0 Å². The molecule has 1 aliphatic rings. The third kappa shape index (κ3) is 2.49. The second kappa shape index (κ2) is 5.77. The standard InChI is InChI=1S/C15H23N3O2/c1-5-11-12(6-2)16-17-14(13(11)15(19)20)18-8-9(3)7-10(18)4/h9-10H,5-8H2,1-4H3,(H,19,20). The molecule has 2 unspecified atom stereocenters. The molecule has 20 heavy (non-hydrogen) atoms. The Morgan fingerprint density at radius 1 is 1.30 bits per heavy atom. The molecule has 2 rings (SSSR count). The van der Waals surface area contributed by atoms with Crippen molar-refractivity contribution in [2.45, 2.75) is 53.0 Å². The Balaban J connectivity index is 2.56. The first-order valence-electron chi connectivity index (χ1n) is 7.37. The van der Waals surface area contributed by atoms with Crippen LogP contribution in [0.5, 0.6) is 0 Å². The molecule has 1 aromatic heterocycles. The average molecular weight is 277 g/mol. The van der Waals surface area contributed by atoms with Gasteiger partial charge >= 0.3 is 5.97 Å². The van der Waals surface area contributed by atoms with Crippen molar-refractivity contribution in [2.75, 3.05) is 11.4 Å². The number of carboxylic acid groups (broad SMARTS) is 1. The number of carbonyl (C=O) groups is 1. The van der Waals surface area contributed by atoms with Crippen LogP contribution in [-0.4, -0.2) is 33.9 Å². The van der Waals surface area contributed by atoms with Crippen LogP contribution in [0.15, 0.2) is 0 Å². The molecule has 2 atom stereocenters. The molecule has 1 fully saturated rings. The number of rotatable bonds is 4. The van der Waals surface area contributed by atoms with Gasteiger partial charge < -0.3 is 10.0 Å². The van der Waals surface area contributed by atoms with Crippen molar-refractivity contribution in [2.24, 2.45) is 5.92 Å². The minimum atomic E-state index is -0.895. The Kier molecular flexibility index (Phi) is 4.26. The number of hydrogen-bond acceptors (Lipinski definition) is 4. The van der Waals surface area contributed by atoms with Gasteiger partial charge in [-0.05, 0) is 37.7 Å². The molecule has 1 aliphatic heterocycles. The second-order valence-electron chi connectivity index (χ2n) is 5.68. The van der Waals surface area contributed by atoms with Gasteiger partial charge in [0.1, 0.15) is 5.56 Å². The molecule has 0 aliphatic carbocycles. The van der Waals surface area contributed by atoms with E-state index in [-0.39, 0.29) is 0 Å². The van der Waals surface area contributed by atoms with Crippen LogP contribution in [0.2, 0.25) is 0 Å². The first-order valence-corrected chi connectivity index (χ1v) is 7.37. The quantitative estimate of drug-likeness (QED) is 0.916. The van der Waals surface area contributed by atoms with E-state index in [0.717, 1.165) is 24.2 Å². The molecule has 0 radical (unpaired) electrons. The van der Waals surface area contributed by atoms with E-state index in [9.17, 15) is 9.90 Å². The van der Waals surface area contributed by atoms with Crippen molar-refractivity contribution in [3.05, 3.63) is 16.8 Å². The summed E-state index contributed by atoms with van der Waals surface area (Å²) in [5.74, 6) is 0.209. The highest BCUT2D eigenvalue weighted by Gasteiger charge is 2.32. The van der Waals surface area contributed by atoms with Gasteiger partial charge in [0.25, 0.3) is 0 Å². The Hall–Kier alpha value is -1.65. The van der Waals surface area contributed by atoms with Crippen LogP contribution in [0, 0.1) is 5.92 Å². The number of hydrogen-bond donors (Lipinski definition) is 1. The molecule has 0 spiro atoms. The van der Waals surface area contributed by atoms with Gasteiger partial charge in [-0.25, -0.2) is 4.79 Å². The van der Waals surface area contributed by atoms with Crippen molar-refractivity contribution in [1.29, 1.82) is 0 Å². The van der Waals surface area contributed by atoms with E-state index in [1.54, 1.807) is 0 Å². The summed E-state index contributed by atoms with van der Waals surface area (Å²) in [6.45, 7) is 9.11. The van der Waals surface area contributed by atoms with Gasteiger partial charge in [-0.2, -0.15) is 5.10 Å². The van der Waals surface area contributed by atoms with Crippen LogP contribution >= 0.6 is 0 Å². The lowest BCUT2D eigenvalue weighted by Gasteiger charge is -2.25. The summed E-state index contributed by atoms with van der Waals surface area (Å²) < 4.78 is 0. The summed E-state index contributed by atoms with van der Waals surface area (Å²) in [6, 6.07) is 0.314. The number of aryl methyl sites for hydroxylation is 1. The Morgan fingerprint density at radius 3 is 2.45 bits per heavy atom. The molecule has 1 aromatic rings. The van der Waals surface area contributed by atoms with Crippen molar-refractivity contribution < 1.29 is 9.90 Å². The van der Waals surface area contributed by atoms with Crippen molar-refractivity contribution in [3.63, 3.8) is 0 Å².